The number of halogens is 1. The van der Waals surface area contributed by atoms with Gasteiger partial charge in [0.05, 0.1) is 11.4 Å². The highest BCUT2D eigenvalue weighted by Crippen LogP contribution is 2.51. The Morgan fingerprint density at radius 3 is 2.55 bits per heavy atom. The first-order valence-electron chi connectivity index (χ1n) is 10.9. The van der Waals surface area contributed by atoms with Crippen molar-refractivity contribution in [1.82, 2.24) is 4.57 Å². The minimum atomic E-state index is -0.758. The average molecular weight is 423 g/mol. The van der Waals surface area contributed by atoms with Gasteiger partial charge < -0.3 is 19.5 Å². The zero-order chi connectivity index (χ0) is 21.7. The lowest BCUT2D eigenvalue weighted by Crippen LogP contribution is -2.30. The molecule has 2 heterocycles. The van der Waals surface area contributed by atoms with Crippen molar-refractivity contribution < 1.29 is 24.1 Å². The highest BCUT2D eigenvalue weighted by atomic mass is 19.1. The van der Waals surface area contributed by atoms with Crippen LogP contribution in [0.1, 0.15) is 54.3 Å². The van der Waals surface area contributed by atoms with Crippen molar-refractivity contribution in [3.8, 4) is 11.4 Å². The molecule has 1 aliphatic carbocycles. The average Bonchev–Trinajstić information content (AvgIpc) is 3.05. The molecule has 1 saturated carbocycles. The van der Waals surface area contributed by atoms with E-state index in [0.717, 1.165) is 40.7 Å². The molecule has 1 aromatic heterocycles. The van der Waals surface area contributed by atoms with Crippen molar-refractivity contribution in [2.45, 2.75) is 44.4 Å². The summed E-state index contributed by atoms with van der Waals surface area (Å²) in [5.74, 6) is -0.838. The van der Waals surface area contributed by atoms with E-state index in [1.165, 1.54) is 6.07 Å². The van der Waals surface area contributed by atoms with Crippen molar-refractivity contribution in [1.29, 1.82) is 0 Å². The van der Waals surface area contributed by atoms with E-state index in [0.29, 0.717) is 31.6 Å². The van der Waals surface area contributed by atoms with Gasteiger partial charge in [-0.25, -0.2) is 4.39 Å². The molecule has 2 N–H and O–H groups in total. The molecule has 31 heavy (non-hydrogen) atoms. The standard InChI is InChI=1S/C25H26FNO4/c1-14-11-18(5-6-19(14)26)27-20-3-2-4-21(28)23(20)22(16-12-17(13-16)25(29)30)24(27)15-7-9-31-10-8-15/h2-6,11,15-17,28H,7-10,12-13H2,1H3,(H,29,30). The van der Waals surface area contributed by atoms with Gasteiger partial charge in [-0.1, -0.05) is 6.07 Å². The second-order valence-corrected chi connectivity index (χ2v) is 8.83. The van der Waals surface area contributed by atoms with Gasteiger partial charge in [0.15, 0.2) is 0 Å². The van der Waals surface area contributed by atoms with E-state index < -0.39 is 5.97 Å². The number of aromatic nitrogens is 1. The van der Waals surface area contributed by atoms with Crippen LogP contribution >= 0.6 is 0 Å². The zero-order valence-corrected chi connectivity index (χ0v) is 17.5. The van der Waals surface area contributed by atoms with Crippen LogP contribution in [0.4, 0.5) is 4.39 Å². The maximum absolute atomic E-state index is 14.0. The molecule has 0 spiro atoms. The van der Waals surface area contributed by atoms with Gasteiger partial charge in [-0.2, -0.15) is 0 Å². The fourth-order valence-corrected chi connectivity index (χ4v) is 5.26. The van der Waals surface area contributed by atoms with Crippen LogP contribution in [0.2, 0.25) is 0 Å². The van der Waals surface area contributed by atoms with Gasteiger partial charge in [0.2, 0.25) is 0 Å². The van der Waals surface area contributed by atoms with E-state index in [4.69, 9.17) is 4.74 Å². The number of rotatable bonds is 4. The largest absolute Gasteiger partial charge is 0.507 e. The first kappa shape index (κ1) is 20.1. The zero-order valence-electron chi connectivity index (χ0n) is 17.5. The first-order chi connectivity index (χ1) is 15.0. The van der Waals surface area contributed by atoms with Crippen molar-refractivity contribution in [3.63, 3.8) is 0 Å². The predicted octanol–water partition coefficient (Wildman–Crippen LogP) is 5.26. The number of carboxylic acid groups (broad SMARTS) is 1. The summed E-state index contributed by atoms with van der Waals surface area (Å²) < 4.78 is 21.8. The van der Waals surface area contributed by atoms with Crippen LogP contribution in [0.15, 0.2) is 36.4 Å². The maximum atomic E-state index is 14.0. The lowest BCUT2D eigenvalue weighted by atomic mass is 9.69. The van der Waals surface area contributed by atoms with E-state index in [2.05, 4.69) is 4.57 Å². The van der Waals surface area contributed by atoms with Crippen LogP contribution in [0.3, 0.4) is 0 Å². The summed E-state index contributed by atoms with van der Waals surface area (Å²) in [6.45, 7) is 3.09. The van der Waals surface area contributed by atoms with E-state index >= 15 is 0 Å². The number of hydrogen-bond acceptors (Lipinski definition) is 3. The number of aryl methyl sites for hydroxylation is 1. The Kier molecular flexibility index (Phi) is 4.97. The SMILES string of the molecule is Cc1cc(-n2c(C3CCOCC3)c(C3CC(C(=O)O)C3)c3c(O)cccc32)ccc1F. The Morgan fingerprint density at radius 1 is 1.13 bits per heavy atom. The van der Waals surface area contributed by atoms with E-state index in [1.807, 2.05) is 18.2 Å². The summed E-state index contributed by atoms with van der Waals surface area (Å²) in [4.78, 5) is 11.5. The molecule has 1 saturated heterocycles. The normalized spacial score (nSPS) is 21.9. The first-order valence-corrected chi connectivity index (χ1v) is 10.9. The molecule has 0 amide bonds. The van der Waals surface area contributed by atoms with Crippen LogP contribution in [0, 0.1) is 18.7 Å². The third-order valence-electron chi connectivity index (χ3n) is 6.95. The smallest absolute Gasteiger partial charge is 0.306 e. The van der Waals surface area contributed by atoms with Gasteiger partial charge in [0, 0.05) is 35.9 Å². The molecule has 6 heteroatoms. The number of carbonyl (C=O) groups is 1. The Morgan fingerprint density at radius 2 is 1.87 bits per heavy atom. The monoisotopic (exact) mass is 423 g/mol. The molecule has 0 radical (unpaired) electrons. The summed E-state index contributed by atoms with van der Waals surface area (Å²) in [5, 5.41) is 21.1. The topological polar surface area (TPSA) is 71.7 Å². The number of carboxylic acids is 1. The minimum absolute atomic E-state index is 0.0811. The Hall–Kier alpha value is -2.86. The summed E-state index contributed by atoms with van der Waals surface area (Å²) in [6.07, 6.45) is 2.86. The van der Waals surface area contributed by atoms with Crippen LogP contribution < -0.4 is 0 Å². The second-order valence-electron chi connectivity index (χ2n) is 8.83. The molecular weight excluding hydrogens is 397 g/mol. The maximum Gasteiger partial charge on any atom is 0.306 e. The highest BCUT2D eigenvalue weighted by Gasteiger charge is 2.40. The molecule has 5 rings (SSSR count). The van der Waals surface area contributed by atoms with Crippen LogP contribution in [0.5, 0.6) is 5.75 Å². The van der Waals surface area contributed by atoms with Gasteiger partial charge >= 0.3 is 5.97 Å². The lowest BCUT2D eigenvalue weighted by Gasteiger charge is -2.35. The van der Waals surface area contributed by atoms with E-state index in [9.17, 15) is 19.4 Å². The lowest BCUT2D eigenvalue weighted by molar-refractivity contribution is -0.145. The molecule has 3 aromatic rings. The number of phenols is 1. The van der Waals surface area contributed by atoms with Gasteiger partial charge in [-0.15, -0.1) is 0 Å². The molecule has 1 aliphatic heterocycles. The molecule has 2 aromatic carbocycles. The van der Waals surface area contributed by atoms with E-state index in [-0.39, 0.29) is 29.3 Å². The number of ether oxygens (including phenoxy) is 1. The number of fused-ring (bicyclic) bond motifs is 1. The third-order valence-corrected chi connectivity index (χ3v) is 6.95. The van der Waals surface area contributed by atoms with Gasteiger partial charge in [0.25, 0.3) is 0 Å². The number of nitrogens with zero attached hydrogens (tertiary/aromatic N) is 1. The molecule has 5 nitrogen and oxygen atoms in total. The molecule has 2 aliphatic rings. The van der Waals surface area contributed by atoms with Crippen LogP contribution in [0.25, 0.3) is 16.6 Å². The molecule has 162 valence electrons. The summed E-state index contributed by atoms with van der Waals surface area (Å²) in [7, 11) is 0. The molecular formula is C25H26FNO4. The van der Waals surface area contributed by atoms with Crippen molar-refractivity contribution in [2.24, 2.45) is 5.92 Å². The molecule has 2 fully saturated rings. The molecule has 0 atom stereocenters. The van der Waals surface area contributed by atoms with Crippen molar-refractivity contribution in [3.05, 3.63) is 59.0 Å². The highest BCUT2D eigenvalue weighted by molar-refractivity contribution is 5.93. The third kappa shape index (κ3) is 3.30. The van der Waals surface area contributed by atoms with Crippen molar-refractivity contribution in [2.75, 3.05) is 13.2 Å². The van der Waals surface area contributed by atoms with Crippen LogP contribution in [-0.4, -0.2) is 34.0 Å². The molecule has 0 bridgehead atoms. The van der Waals surface area contributed by atoms with Gasteiger partial charge in [-0.05, 0) is 80.0 Å². The van der Waals surface area contributed by atoms with Crippen LogP contribution in [-0.2, 0) is 9.53 Å². The fraction of sp³-hybridized carbons (Fsp3) is 0.400. The fourth-order valence-electron chi connectivity index (χ4n) is 5.26. The number of aliphatic carboxylic acids is 1. The Labute approximate surface area is 180 Å². The molecule has 0 unspecified atom stereocenters. The second kappa shape index (κ2) is 7.68. The van der Waals surface area contributed by atoms with Gasteiger partial charge in [0.1, 0.15) is 11.6 Å². The Bertz CT molecular complexity index is 1160. The summed E-state index contributed by atoms with van der Waals surface area (Å²) in [6, 6.07) is 10.6. The number of phenolic OH excluding ortho intramolecular Hbond substituents is 1. The predicted molar refractivity (Wildman–Crippen MR) is 116 cm³/mol. The number of aromatic hydroxyl groups is 1. The quantitative estimate of drug-likeness (QED) is 0.601. The van der Waals surface area contributed by atoms with E-state index in [1.54, 1.807) is 19.1 Å². The Balaban J connectivity index is 1.77. The number of benzene rings is 2. The van der Waals surface area contributed by atoms with Gasteiger partial charge in [-0.3, -0.25) is 4.79 Å². The van der Waals surface area contributed by atoms with Crippen molar-refractivity contribution >= 4 is 16.9 Å². The summed E-state index contributed by atoms with van der Waals surface area (Å²) >= 11 is 0. The minimum Gasteiger partial charge on any atom is -0.507 e. The summed E-state index contributed by atoms with van der Waals surface area (Å²) in [5.41, 5.74) is 4.46. The number of hydrogen-bond donors (Lipinski definition) is 2.